The average molecular weight is 183 g/mol. The van der Waals surface area contributed by atoms with Gasteiger partial charge in [-0.15, -0.1) is 0 Å². The Labute approximate surface area is 83.6 Å². The Morgan fingerprint density at radius 2 is 1.85 bits per heavy atom. The molecule has 0 aromatic carbocycles. The second-order valence-electron chi connectivity index (χ2n) is 4.93. The molecule has 0 aromatic rings. The van der Waals surface area contributed by atoms with Crippen LogP contribution < -0.4 is 5.32 Å². The molecule has 0 heterocycles. The molecular weight excluding hydrogens is 158 g/mol. The van der Waals surface area contributed by atoms with E-state index in [-0.39, 0.29) is 0 Å². The van der Waals surface area contributed by atoms with Crippen molar-refractivity contribution in [2.75, 3.05) is 6.54 Å². The Kier molecular flexibility index (Phi) is 5.12. The van der Waals surface area contributed by atoms with Gasteiger partial charge < -0.3 is 5.32 Å². The van der Waals surface area contributed by atoms with Crippen molar-refractivity contribution in [2.45, 2.75) is 41.0 Å². The van der Waals surface area contributed by atoms with Crippen molar-refractivity contribution in [1.29, 1.82) is 0 Å². The minimum Gasteiger partial charge on any atom is -0.391 e. The van der Waals surface area contributed by atoms with Crippen LogP contribution in [0.15, 0.2) is 12.8 Å². The average Bonchev–Trinajstić information content (AvgIpc) is 2.03. The first-order chi connectivity index (χ1) is 5.91. The van der Waals surface area contributed by atoms with Crippen molar-refractivity contribution in [3.05, 3.63) is 12.8 Å². The summed E-state index contributed by atoms with van der Waals surface area (Å²) in [5.74, 6) is 1.53. The predicted octanol–water partition coefficient (Wildman–Crippen LogP) is 3.43. The molecule has 0 spiro atoms. The minimum absolute atomic E-state index is 0.421. The maximum atomic E-state index is 3.65. The molecule has 1 nitrogen and oxygen atoms in total. The summed E-state index contributed by atoms with van der Waals surface area (Å²) in [6.07, 6.45) is 2.98. The zero-order chi connectivity index (χ0) is 10.5. The molecule has 1 N–H and O–H groups in total. The summed E-state index contributed by atoms with van der Waals surface area (Å²) in [5.41, 5.74) is 0.421. The molecular formula is C12H25N. The normalized spacial score (nSPS) is 14.3. The van der Waals surface area contributed by atoms with E-state index in [1.165, 1.54) is 6.42 Å². The molecule has 0 bridgehead atoms. The molecule has 1 heteroatoms. The molecule has 13 heavy (non-hydrogen) atoms. The number of hydrogen-bond donors (Lipinski definition) is 1. The maximum Gasteiger partial charge on any atom is 0.0146 e. The van der Waals surface area contributed by atoms with Gasteiger partial charge >= 0.3 is 0 Å². The zero-order valence-electron chi connectivity index (χ0n) is 9.85. The highest BCUT2D eigenvalue weighted by atomic mass is 14.8. The number of nitrogens with one attached hydrogen (secondary N) is 1. The molecule has 78 valence electrons. The molecule has 0 unspecified atom stereocenters. The Morgan fingerprint density at radius 1 is 1.31 bits per heavy atom. The van der Waals surface area contributed by atoms with Crippen molar-refractivity contribution in [1.82, 2.24) is 5.32 Å². The van der Waals surface area contributed by atoms with Gasteiger partial charge in [-0.05, 0) is 29.9 Å². The summed E-state index contributed by atoms with van der Waals surface area (Å²) < 4.78 is 0. The zero-order valence-corrected chi connectivity index (χ0v) is 9.85. The van der Waals surface area contributed by atoms with Crippen LogP contribution in [0, 0.1) is 17.3 Å². The SMILES string of the molecule is C=CNCCC(C)(C)[C@H](C)C(C)C. The molecule has 0 amide bonds. The molecule has 0 aliphatic heterocycles. The summed E-state index contributed by atoms with van der Waals surface area (Å²) >= 11 is 0. The lowest BCUT2D eigenvalue weighted by Gasteiger charge is -2.34. The number of rotatable bonds is 6. The monoisotopic (exact) mass is 183 g/mol. The van der Waals surface area contributed by atoms with Crippen LogP contribution in [0.3, 0.4) is 0 Å². The fourth-order valence-electron chi connectivity index (χ4n) is 1.63. The fourth-order valence-corrected chi connectivity index (χ4v) is 1.63. The first-order valence-electron chi connectivity index (χ1n) is 5.26. The van der Waals surface area contributed by atoms with Gasteiger partial charge in [0.25, 0.3) is 0 Å². The highest BCUT2D eigenvalue weighted by molar-refractivity contribution is 4.79. The van der Waals surface area contributed by atoms with Crippen molar-refractivity contribution >= 4 is 0 Å². The van der Waals surface area contributed by atoms with E-state index in [2.05, 4.69) is 46.5 Å². The highest BCUT2D eigenvalue weighted by Gasteiger charge is 2.27. The first kappa shape index (κ1) is 12.5. The predicted molar refractivity (Wildman–Crippen MR) is 60.6 cm³/mol. The van der Waals surface area contributed by atoms with Gasteiger partial charge in [-0.2, -0.15) is 0 Å². The molecule has 0 radical (unpaired) electrons. The quantitative estimate of drug-likeness (QED) is 0.622. The lowest BCUT2D eigenvalue weighted by Crippen LogP contribution is -2.29. The van der Waals surface area contributed by atoms with Gasteiger partial charge in [0, 0.05) is 6.54 Å². The highest BCUT2D eigenvalue weighted by Crippen LogP contribution is 2.34. The van der Waals surface area contributed by atoms with E-state index in [0.717, 1.165) is 18.4 Å². The van der Waals surface area contributed by atoms with Crippen molar-refractivity contribution in [3.63, 3.8) is 0 Å². The van der Waals surface area contributed by atoms with E-state index in [4.69, 9.17) is 0 Å². The van der Waals surface area contributed by atoms with E-state index in [9.17, 15) is 0 Å². The smallest absolute Gasteiger partial charge is 0.0146 e. The van der Waals surface area contributed by atoms with Gasteiger partial charge in [0.2, 0.25) is 0 Å². The van der Waals surface area contributed by atoms with Crippen molar-refractivity contribution in [2.24, 2.45) is 17.3 Å². The maximum absolute atomic E-state index is 3.65. The standard InChI is InChI=1S/C12H25N/c1-7-13-9-8-12(5,6)11(4)10(2)3/h7,10-11,13H,1,8-9H2,2-6H3/t11-/m1/s1. The lowest BCUT2D eigenvalue weighted by atomic mass is 9.72. The van der Waals surface area contributed by atoms with Gasteiger partial charge in [-0.1, -0.05) is 41.2 Å². The van der Waals surface area contributed by atoms with Crippen LogP contribution in [-0.2, 0) is 0 Å². The van der Waals surface area contributed by atoms with Crippen LogP contribution in [0.1, 0.15) is 41.0 Å². The van der Waals surface area contributed by atoms with Gasteiger partial charge in [0.15, 0.2) is 0 Å². The van der Waals surface area contributed by atoms with Gasteiger partial charge in [0.1, 0.15) is 0 Å². The molecule has 0 aliphatic carbocycles. The van der Waals surface area contributed by atoms with E-state index in [1.807, 2.05) is 0 Å². The molecule has 0 aliphatic rings. The second-order valence-corrected chi connectivity index (χ2v) is 4.93. The summed E-state index contributed by atoms with van der Waals surface area (Å²) in [5, 5.41) is 3.16. The molecule has 0 fully saturated rings. The molecule has 0 saturated carbocycles. The van der Waals surface area contributed by atoms with Crippen LogP contribution in [0.4, 0.5) is 0 Å². The van der Waals surface area contributed by atoms with Gasteiger partial charge in [-0.3, -0.25) is 0 Å². The molecule has 1 atom stereocenters. The van der Waals surface area contributed by atoms with Crippen LogP contribution in [-0.4, -0.2) is 6.54 Å². The van der Waals surface area contributed by atoms with Crippen LogP contribution in [0.5, 0.6) is 0 Å². The third kappa shape index (κ3) is 4.35. The molecule has 0 aromatic heterocycles. The van der Waals surface area contributed by atoms with E-state index < -0.39 is 0 Å². The van der Waals surface area contributed by atoms with E-state index >= 15 is 0 Å². The summed E-state index contributed by atoms with van der Waals surface area (Å²) in [7, 11) is 0. The Hall–Kier alpha value is -0.460. The van der Waals surface area contributed by atoms with E-state index in [1.54, 1.807) is 6.20 Å². The van der Waals surface area contributed by atoms with Crippen LogP contribution >= 0.6 is 0 Å². The Bertz CT molecular complexity index is 147. The topological polar surface area (TPSA) is 12.0 Å². The first-order valence-corrected chi connectivity index (χ1v) is 5.26. The number of hydrogen-bond acceptors (Lipinski definition) is 1. The third-order valence-corrected chi connectivity index (χ3v) is 3.29. The molecule has 0 saturated heterocycles. The fraction of sp³-hybridized carbons (Fsp3) is 0.833. The lowest BCUT2D eigenvalue weighted by molar-refractivity contribution is 0.162. The summed E-state index contributed by atoms with van der Waals surface area (Å²) in [6, 6.07) is 0. The van der Waals surface area contributed by atoms with Gasteiger partial charge in [0.05, 0.1) is 0 Å². The second kappa shape index (κ2) is 5.31. The Morgan fingerprint density at radius 3 is 2.23 bits per heavy atom. The van der Waals surface area contributed by atoms with Crippen molar-refractivity contribution in [3.8, 4) is 0 Å². The van der Waals surface area contributed by atoms with Crippen molar-refractivity contribution < 1.29 is 0 Å². The largest absolute Gasteiger partial charge is 0.391 e. The summed E-state index contributed by atoms with van der Waals surface area (Å²) in [6.45, 7) is 16.3. The summed E-state index contributed by atoms with van der Waals surface area (Å²) in [4.78, 5) is 0. The van der Waals surface area contributed by atoms with Gasteiger partial charge in [-0.25, -0.2) is 0 Å². The molecule has 0 rings (SSSR count). The van der Waals surface area contributed by atoms with Crippen LogP contribution in [0.25, 0.3) is 0 Å². The third-order valence-electron chi connectivity index (χ3n) is 3.29. The van der Waals surface area contributed by atoms with E-state index in [0.29, 0.717) is 5.41 Å². The Balaban J connectivity index is 3.97. The van der Waals surface area contributed by atoms with Crippen LogP contribution in [0.2, 0.25) is 0 Å². The minimum atomic E-state index is 0.421.